The first kappa shape index (κ1) is 20.7. The fourth-order valence-electron chi connectivity index (χ4n) is 5.32. The highest BCUT2D eigenvalue weighted by Crippen LogP contribution is 2.56. The SMILES string of the molecule is C=CCN1C(=O)[C@@]2(C(C#N)=C(N)N(c3ccc(F)cc3)C3=C2C(=O)CCC3)c2ccccc21. The average molecular weight is 440 g/mol. The zero-order valence-corrected chi connectivity index (χ0v) is 17.8. The Morgan fingerprint density at radius 3 is 2.58 bits per heavy atom. The number of fused-ring (bicyclic) bond motifs is 3. The summed E-state index contributed by atoms with van der Waals surface area (Å²) in [5, 5.41) is 10.3. The van der Waals surface area contributed by atoms with E-state index in [1.165, 1.54) is 12.1 Å². The van der Waals surface area contributed by atoms with Gasteiger partial charge in [-0.3, -0.25) is 14.5 Å². The minimum absolute atomic E-state index is 0.00448. The molecule has 0 fully saturated rings. The number of nitrogens with two attached hydrogens (primary N) is 1. The molecule has 1 aliphatic carbocycles. The van der Waals surface area contributed by atoms with Gasteiger partial charge < -0.3 is 10.6 Å². The van der Waals surface area contributed by atoms with Crippen LogP contribution >= 0.6 is 0 Å². The lowest BCUT2D eigenvalue weighted by molar-refractivity contribution is -0.124. The molecule has 1 spiro atoms. The summed E-state index contributed by atoms with van der Waals surface area (Å²) >= 11 is 0. The molecule has 2 aromatic rings. The molecule has 1 amide bonds. The van der Waals surface area contributed by atoms with E-state index in [2.05, 4.69) is 12.6 Å². The zero-order chi connectivity index (χ0) is 23.3. The number of amides is 1. The van der Waals surface area contributed by atoms with Crippen molar-refractivity contribution in [3.8, 4) is 6.07 Å². The number of hydrogen-bond acceptors (Lipinski definition) is 5. The first-order chi connectivity index (χ1) is 16.0. The number of benzene rings is 2. The summed E-state index contributed by atoms with van der Waals surface area (Å²) < 4.78 is 13.6. The van der Waals surface area contributed by atoms with Crippen molar-refractivity contribution < 1.29 is 14.0 Å². The molecule has 0 aromatic heterocycles. The van der Waals surface area contributed by atoms with Gasteiger partial charge in [-0.15, -0.1) is 6.58 Å². The lowest BCUT2D eigenvalue weighted by Crippen LogP contribution is -2.52. The van der Waals surface area contributed by atoms with Gasteiger partial charge in [0, 0.05) is 41.2 Å². The van der Waals surface area contributed by atoms with Gasteiger partial charge in [0.1, 0.15) is 23.1 Å². The number of ketones is 1. The second-order valence-corrected chi connectivity index (χ2v) is 8.25. The Labute approximate surface area is 190 Å². The quantitative estimate of drug-likeness (QED) is 0.733. The van der Waals surface area contributed by atoms with E-state index < -0.39 is 11.2 Å². The molecule has 0 saturated heterocycles. The number of Topliss-reactive ketones (excluding diaryl/α,β-unsaturated/α-hetero) is 1. The Bertz CT molecular complexity index is 1320. The van der Waals surface area contributed by atoms with E-state index in [0.29, 0.717) is 35.5 Å². The first-order valence-corrected chi connectivity index (χ1v) is 10.7. The van der Waals surface area contributed by atoms with Crippen LogP contribution in [0.3, 0.4) is 0 Å². The van der Waals surface area contributed by atoms with Crippen LogP contribution in [-0.2, 0) is 15.0 Å². The van der Waals surface area contributed by atoms with Gasteiger partial charge in [-0.2, -0.15) is 5.26 Å². The van der Waals surface area contributed by atoms with Crippen molar-refractivity contribution in [1.82, 2.24) is 0 Å². The number of anilines is 2. The lowest BCUT2D eigenvalue weighted by atomic mass is 9.64. The van der Waals surface area contributed by atoms with Gasteiger partial charge in [-0.1, -0.05) is 24.3 Å². The van der Waals surface area contributed by atoms with E-state index >= 15 is 0 Å². The van der Waals surface area contributed by atoms with Gasteiger partial charge in [0.05, 0.1) is 5.57 Å². The lowest BCUT2D eigenvalue weighted by Gasteiger charge is -2.43. The van der Waals surface area contributed by atoms with Crippen LogP contribution in [0.2, 0.25) is 0 Å². The maximum atomic E-state index is 14.1. The van der Waals surface area contributed by atoms with Crippen molar-refractivity contribution >= 4 is 23.1 Å². The van der Waals surface area contributed by atoms with E-state index in [1.807, 2.05) is 6.07 Å². The number of para-hydroxylation sites is 1. The first-order valence-electron chi connectivity index (χ1n) is 10.7. The Morgan fingerprint density at radius 1 is 1.15 bits per heavy atom. The maximum Gasteiger partial charge on any atom is 0.248 e. The third-order valence-corrected chi connectivity index (χ3v) is 6.57. The van der Waals surface area contributed by atoms with Gasteiger partial charge in [-0.05, 0) is 43.2 Å². The van der Waals surface area contributed by atoms with Crippen LogP contribution < -0.4 is 15.5 Å². The highest BCUT2D eigenvalue weighted by Gasteiger charge is 2.62. The molecule has 2 heterocycles. The summed E-state index contributed by atoms with van der Waals surface area (Å²) in [6.07, 6.45) is 2.97. The Kier molecular flexibility index (Phi) is 4.68. The second kappa shape index (κ2) is 7.45. The van der Waals surface area contributed by atoms with Crippen LogP contribution in [-0.4, -0.2) is 18.2 Å². The standard InChI is InChI=1S/C26H21FN4O2/c1-2-14-30-20-7-4-3-6-18(20)26(25(30)33)19(15-28)24(29)31(17-12-10-16(27)11-13-17)21-8-5-9-22(32)23(21)26/h2-4,6-7,10-13H,1,5,8-9,14,29H2/t26-/m1/s1. The van der Waals surface area contributed by atoms with Crippen LogP contribution in [0, 0.1) is 17.1 Å². The summed E-state index contributed by atoms with van der Waals surface area (Å²) in [7, 11) is 0. The van der Waals surface area contributed by atoms with Crippen LogP contribution in [0.5, 0.6) is 0 Å². The molecule has 164 valence electrons. The molecule has 0 unspecified atom stereocenters. The summed E-state index contributed by atoms with van der Waals surface area (Å²) in [6, 6.07) is 15.0. The monoisotopic (exact) mass is 440 g/mol. The van der Waals surface area contributed by atoms with Crippen LogP contribution in [0.1, 0.15) is 24.8 Å². The summed E-state index contributed by atoms with van der Waals surface area (Å²) in [5.74, 6) is -0.915. The number of carbonyl (C=O) groups excluding carboxylic acids is 2. The van der Waals surface area contributed by atoms with Crippen LogP contribution in [0.15, 0.2) is 83.9 Å². The molecule has 2 N–H and O–H groups in total. The highest BCUT2D eigenvalue weighted by atomic mass is 19.1. The zero-order valence-electron chi connectivity index (χ0n) is 17.8. The number of allylic oxidation sites excluding steroid dienone is 1. The largest absolute Gasteiger partial charge is 0.384 e. The minimum atomic E-state index is -1.61. The molecule has 2 aliphatic heterocycles. The summed E-state index contributed by atoms with van der Waals surface area (Å²) in [6.45, 7) is 3.99. The van der Waals surface area contributed by atoms with Crippen molar-refractivity contribution in [3.05, 3.63) is 95.2 Å². The van der Waals surface area contributed by atoms with Crippen molar-refractivity contribution in [3.63, 3.8) is 0 Å². The number of carbonyl (C=O) groups is 2. The molecule has 5 rings (SSSR count). The van der Waals surface area contributed by atoms with Crippen molar-refractivity contribution in [2.45, 2.75) is 24.7 Å². The number of nitrogens with zero attached hydrogens (tertiary/aromatic N) is 3. The highest BCUT2D eigenvalue weighted by molar-refractivity contribution is 6.20. The van der Waals surface area contributed by atoms with Crippen LogP contribution in [0.4, 0.5) is 15.8 Å². The van der Waals surface area contributed by atoms with Crippen molar-refractivity contribution in [2.24, 2.45) is 5.73 Å². The van der Waals surface area contributed by atoms with E-state index in [4.69, 9.17) is 5.73 Å². The number of hydrogen-bond donors (Lipinski definition) is 1. The van der Waals surface area contributed by atoms with Gasteiger partial charge >= 0.3 is 0 Å². The van der Waals surface area contributed by atoms with E-state index in [9.17, 15) is 19.2 Å². The molecule has 2 aromatic carbocycles. The second-order valence-electron chi connectivity index (χ2n) is 8.25. The maximum absolute atomic E-state index is 14.1. The Balaban J connectivity index is 1.88. The van der Waals surface area contributed by atoms with E-state index in [0.717, 1.165) is 0 Å². The molecule has 0 radical (unpaired) electrons. The minimum Gasteiger partial charge on any atom is -0.384 e. The predicted molar refractivity (Wildman–Crippen MR) is 122 cm³/mol. The van der Waals surface area contributed by atoms with Gasteiger partial charge in [0.25, 0.3) is 0 Å². The molecule has 0 saturated carbocycles. The molecular formula is C26H21FN4O2. The number of nitriles is 1. The van der Waals surface area contributed by atoms with Gasteiger partial charge in [0.15, 0.2) is 5.78 Å². The van der Waals surface area contributed by atoms with Crippen molar-refractivity contribution in [1.29, 1.82) is 5.26 Å². The summed E-state index contributed by atoms with van der Waals surface area (Å²) in [5.41, 5.74) is 7.59. The van der Waals surface area contributed by atoms with E-state index in [-0.39, 0.29) is 41.6 Å². The van der Waals surface area contributed by atoms with Crippen LogP contribution in [0.25, 0.3) is 0 Å². The molecule has 6 nitrogen and oxygen atoms in total. The smallest absolute Gasteiger partial charge is 0.248 e. The fraction of sp³-hybridized carbons (Fsp3) is 0.192. The number of halogens is 1. The Morgan fingerprint density at radius 2 is 1.88 bits per heavy atom. The van der Waals surface area contributed by atoms with Crippen molar-refractivity contribution in [2.75, 3.05) is 16.3 Å². The predicted octanol–water partition coefficient (Wildman–Crippen LogP) is 3.82. The molecule has 33 heavy (non-hydrogen) atoms. The fourth-order valence-corrected chi connectivity index (χ4v) is 5.32. The normalized spacial score (nSPS) is 21.9. The molecule has 7 heteroatoms. The number of rotatable bonds is 3. The van der Waals surface area contributed by atoms with Gasteiger partial charge in [0.2, 0.25) is 5.91 Å². The molecule has 3 aliphatic rings. The molecular weight excluding hydrogens is 419 g/mol. The average Bonchev–Trinajstić information content (AvgIpc) is 3.05. The Hall–Kier alpha value is -4.18. The van der Waals surface area contributed by atoms with E-state index in [1.54, 1.807) is 46.2 Å². The topological polar surface area (TPSA) is 90.4 Å². The molecule has 0 bridgehead atoms. The molecule has 1 atom stereocenters. The third-order valence-electron chi connectivity index (χ3n) is 6.57. The van der Waals surface area contributed by atoms with Gasteiger partial charge in [-0.25, -0.2) is 4.39 Å². The third kappa shape index (κ3) is 2.64. The summed E-state index contributed by atoms with van der Waals surface area (Å²) in [4.78, 5) is 30.8.